The summed E-state index contributed by atoms with van der Waals surface area (Å²) in [5, 5.41) is 0.356. The fraction of sp³-hybridized carbons (Fsp3) is 0.188. The first kappa shape index (κ1) is 30.9. The lowest BCUT2D eigenvalue weighted by Gasteiger charge is -2.33. The Balaban J connectivity index is 1.49. The van der Waals surface area contributed by atoms with Crippen molar-refractivity contribution >= 4 is 35.0 Å². The first-order valence-corrected chi connectivity index (χ1v) is 13.4. The van der Waals surface area contributed by atoms with Crippen LogP contribution in [0.15, 0.2) is 97.1 Å². The summed E-state index contributed by atoms with van der Waals surface area (Å²) >= 11 is 6.07. The van der Waals surface area contributed by atoms with Crippen LogP contribution in [0, 0.1) is 0 Å². The predicted molar refractivity (Wildman–Crippen MR) is 149 cm³/mol. The third-order valence-electron chi connectivity index (χ3n) is 7.28. The van der Waals surface area contributed by atoms with Gasteiger partial charge in [0.05, 0.1) is 16.8 Å². The van der Waals surface area contributed by atoms with Crippen molar-refractivity contribution < 1.29 is 45.4 Å². The molecule has 0 saturated heterocycles. The monoisotopic (exact) mass is 633 g/mol. The maximum Gasteiger partial charge on any atom is 0.509 e. The number of para-hydroxylation sites is 2. The standard InChI is InChI=1S/C32H22ClF6NO4/c1-30(25-9-5-6-10-26(25)40(28(30)41)24-7-3-2-4-8-24)27(20-11-13-23(33)14-12-20)44-29(42)43-18-19-15-21(31(34,35)36)17-22(16-19)32(37,38)39/h2-17,27H,18H2,1H3/t27-,30+/m0/s1. The SMILES string of the molecule is C[C@@]1([C@@H](OC(=O)OCc2cc(C(F)(F)F)cc(C(F)(F)F)c2)c2ccc(Cl)cc2)C(=O)N(c2ccccc2)c2ccccc21. The summed E-state index contributed by atoms with van der Waals surface area (Å²) in [6.07, 6.45) is -12.9. The highest BCUT2D eigenvalue weighted by atomic mass is 35.5. The third-order valence-corrected chi connectivity index (χ3v) is 7.53. The minimum atomic E-state index is -5.08. The summed E-state index contributed by atoms with van der Waals surface area (Å²) in [5.74, 6) is -0.453. The Morgan fingerprint density at radius 1 is 0.841 bits per heavy atom. The number of carbonyl (C=O) groups excluding carboxylic acids is 2. The molecule has 0 N–H and O–H groups in total. The molecule has 12 heteroatoms. The zero-order valence-electron chi connectivity index (χ0n) is 22.7. The van der Waals surface area contributed by atoms with Crippen LogP contribution in [0.25, 0.3) is 0 Å². The molecule has 228 valence electrons. The number of hydrogen-bond donors (Lipinski definition) is 0. The molecule has 4 aromatic rings. The van der Waals surface area contributed by atoms with E-state index in [1.807, 2.05) is 0 Å². The normalized spacial score (nSPS) is 17.3. The molecule has 1 aliphatic rings. The molecule has 4 aromatic carbocycles. The van der Waals surface area contributed by atoms with Gasteiger partial charge in [0.25, 0.3) is 0 Å². The van der Waals surface area contributed by atoms with Crippen molar-refractivity contribution in [1.82, 2.24) is 0 Å². The highest BCUT2D eigenvalue weighted by Gasteiger charge is 2.55. The number of hydrogen-bond acceptors (Lipinski definition) is 4. The number of amides is 1. The second-order valence-corrected chi connectivity index (χ2v) is 10.6. The van der Waals surface area contributed by atoms with Crippen molar-refractivity contribution in [1.29, 1.82) is 0 Å². The molecule has 0 saturated carbocycles. The number of benzene rings is 4. The van der Waals surface area contributed by atoms with Gasteiger partial charge in [0.15, 0.2) is 0 Å². The highest BCUT2D eigenvalue weighted by molar-refractivity contribution is 6.30. The summed E-state index contributed by atoms with van der Waals surface area (Å²) in [6.45, 7) is 0.614. The van der Waals surface area contributed by atoms with Crippen molar-refractivity contribution in [2.45, 2.75) is 37.4 Å². The van der Waals surface area contributed by atoms with Gasteiger partial charge in [-0.05, 0) is 72.1 Å². The zero-order chi connectivity index (χ0) is 31.9. The van der Waals surface area contributed by atoms with Crippen LogP contribution < -0.4 is 4.90 Å². The van der Waals surface area contributed by atoms with Gasteiger partial charge in [-0.15, -0.1) is 0 Å². The Morgan fingerprint density at radius 2 is 1.41 bits per heavy atom. The van der Waals surface area contributed by atoms with Crippen LogP contribution >= 0.6 is 11.6 Å². The van der Waals surface area contributed by atoms with E-state index in [1.165, 1.54) is 29.2 Å². The smallest absolute Gasteiger partial charge is 0.429 e. The molecule has 44 heavy (non-hydrogen) atoms. The van der Waals surface area contributed by atoms with Gasteiger partial charge in [-0.3, -0.25) is 9.69 Å². The van der Waals surface area contributed by atoms with E-state index in [-0.39, 0.29) is 6.07 Å². The van der Waals surface area contributed by atoms with Gasteiger partial charge in [0.2, 0.25) is 5.91 Å². The summed E-state index contributed by atoms with van der Waals surface area (Å²) in [7, 11) is 0. The van der Waals surface area contributed by atoms with E-state index in [0.29, 0.717) is 39.7 Å². The van der Waals surface area contributed by atoms with E-state index in [4.69, 9.17) is 21.1 Å². The lowest BCUT2D eigenvalue weighted by molar-refractivity contribution is -0.143. The molecule has 2 atom stereocenters. The number of fused-ring (bicyclic) bond motifs is 1. The maximum absolute atomic E-state index is 14.2. The summed E-state index contributed by atoms with van der Waals surface area (Å²) in [5.41, 5.74) is -3.28. The number of halogens is 7. The largest absolute Gasteiger partial charge is 0.509 e. The van der Waals surface area contributed by atoms with Gasteiger partial charge >= 0.3 is 18.5 Å². The minimum absolute atomic E-state index is 0.0269. The van der Waals surface area contributed by atoms with Crippen LogP contribution in [0.3, 0.4) is 0 Å². The van der Waals surface area contributed by atoms with Crippen LogP contribution in [-0.4, -0.2) is 12.1 Å². The van der Waals surface area contributed by atoms with Gasteiger partial charge in [0.1, 0.15) is 18.1 Å². The third kappa shape index (κ3) is 5.96. The molecular formula is C32H22ClF6NO4. The summed E-state index contributed by atoms with van der Waals surface area (Å²) < 4.78 is 90.6. The van der Waals surface area contributed by atoms with Gasteiger partial charge in [0, 0.05) is 10.7 Å². The summed E-state index contributed by atoms with van der Waals surface area (Å²) in [6, 6.07) is 22.6. The molecule has 0 spiro atoms. The van der Waals surface area contributed by atoms with Gasteiger partial charge in [-0.2, -0.15) is 26.3 Å². The summed E-state index contributed by atoms with van der Waals surface area (Å²) in [4.78, 5) is 28.8. The molecule has 5 nitrogen and oxygen atoms in total. The molecule has 0 radical (unpaired) electrons. The Kier molecular flexibility index (Phi) is 8.11. The molecule has 1 aliphatic heterocycles. The van der Waals surface area contributed by atoms with Crippen molar-refractivity contribution in [2.24, 2.45) is 0 Å². The van der Waals surface area contributed by atoms with E-state index in [1.54, 1.807) is 61.5 Å². The Morgan fingerprint density at radius 3 is 2.00 bits per heavy atom. The maximum atomic E-state index is 14.2. The molecule has 0 fully saturated rings. The second kappa shape index (κ2) is 11.5. The fourth-order valence-corrected chi connectivity index (χ4v) is 5.31. The van der Waals surface area contributed by atoms with E-state index < -0.39 is 59.2 Å². The Labute approximate surface area is 252 Å². The lowest BCUT2D eigenvalue weighted by Crippen LogP contribution is -2.42. The van der Waals surface area contributed by atoms with Gasteiger partial charge < -0.3 is 9.47 Å². The first-order chi connectivity index (χ1) is 20.7. The minimum Gasteiger partial charge on any atom is -0.429 e. The van der Waals surface area contributed by atoms with Crippen LogP contribution in [0.5, 0.6) is 0 Å². The van der Waals surface area contributed by atoms with E-state index in [9.17, 15) is 35.9 Å². The average molecular weight is 634 g/mol. The van der Waals surface area contributed by atoms with Crippen molar-refractivity contribution in [3.63, 3.8) is 0 Å². The van der Waals surface area contributed by atoms with E-state index in [2.05, 4.69) is 0 Å². The lowest BCUT2D eigenvalue weighted by atomic mass is 9.75. The molecule has 0 unspecified atom stereocenters. The first-order valence-electron chi connectivity index (χ1n) is 13.1. The number of carbonyl (C=O) groups is 2. The van der Waals surface area contributed by atoms with Crippen LogP contribution in [-0.2, 0) is 38.6 Å². The molecular weight excluding hydrogens is 612 g/mol. The zero-order valence-corrected chi connectivity index (χ0v) is 23.5. The van der Waals surface area contributed by atoms with Crippen molar-refractivity contribution in [2.75, 3.05) is 4.90 Å². The average Bonchev–Trinajstić information content (AvgIpc) is 3.21. The van der Waals surface area contributed by atoms with Gasteiger partial charge in [-0.25, -0.2) is 4.79 Å². The number of alkyl halides is 6. The van der Waals surface area contributed by atoms with Gasteiger partial charge in [-0.1, -0.05) is 60.1 Å². The topological polar surface area (TPSA) is 55.8 Å². The van der Waals surface area contributed by atoms with E-state index >= 15 is 0 Å². The number of anilines is 2. The van der Waals surface area contributed by atoms with Crippen molar-refractivity contribution in [3.05, 3.63) is 130 Å². The predicted octanol–water partition coefficient (Wildman–Crippen LogP) is 9.41. The number of nitrogens with zero attached hydrogens (tertiary/aromatic N) is 1. The molecule has 1 amide bonds. The molecule has 0 aromatic heterocycles. The van der Waals surface area contributed by atoms with Crippen LogP contribution in [0.1, 0.15) is 40.8 Å². The Hall–Kier alpha value is -4.51. The fourth-order valence-electron chi connectivity index (χ4n) is 5.18. The van der Waals surface area contributed by atoms with E-state index in [0.717, 1.165) is 0 Å². The second-order valence-electron chi connectivity index (χ2n) is 10.2. The highest BCUT2D eigenvalue weighted by Crippen LogP contribution is 2.52. The number of ether oxygens (including phenoxy) is 2. The quantitative estimate of drug-likeness (QED) is 0.157. The van der Waals surface area contributed by atoms with Crippen LogP contribution in [0.2, 0.25) is 5.02 Å². The number of rotatable bonds is 6. The molecule has 0 aliphatic carbocycles. The van der Waals surface area contributed by atoms with Crippen molar-refractivity contribution in [3.8, 4) is 0 Å². The molecule has 0 bridgehead atoms. The molecule has 1 heterocycles. The molecule has 5 rings (SSSR count). The van der Waals surface area contributed by atoms with Crippen LogP contribution in [0.4, 0.5) is 42.5 Å². The Bertz CT molecular complexity index is 1660.